The number of nitrogens with one attached hydrogen (secondary N) is 1. The van der Waals surface area contributed by atoms with Crippen molar-refractivity contribution < 1.29 is 19.0 Å². The zero-order valence-electron chi connectivity index (χ0n) is 19.5. The molecule has 10 heteroatoms. The maximum Gasteiger partial charge on any atom is 0.276 e. The highest BCUT2D eigenvalue weighted by Crippen LogP contribution is 2.58. The van der Waals surface area contributed by atoms with Crippen LogP contribution < -0.4 is 14.8 Å². The lowest BCUT2D eigenvalue weighted by atomic mass is 9.62. The van der Waals surface area contributed by atoms with Crippen molar-refractivity contribution in [1.82, 2.24) is 24.0 Å². The van der Waals surface area contributed by atoms with E-state index in [1.807, 2.05) is 36.6 Å². The number of hydrogen-bond donors (Lipinski definition) is 1. The Bertz CT molecular complexity index is 1430. The molecule has 3 fully saturated rings. The minimum Gasteiger partial charge on any atom is -0.494 e. The molecule has 2 saturated heterocycles. The van der Waals surface area contributed by atoms with Crippen LogP contribution >= 0.6 is 0 Å². The van der Waals surface area contributed by atoms with E-state index in [4.69, 9.17) is 19.2 Å². The van der Waals surface area contributed by atoms with Gasteiger partial charge in [0, 0.05) is 24.0 Å². The predicted molar refractivity (Wildman–Crippen MR) is 124 cm³/mol. The lowest BCUT2D eigenvalue weighted by Crippen LogP contribution is -2.45. The number of imidazole rings is 1. The second-order valence-corrected chi connectivity index (χ2v) is 9.71. The summed E-state index contributed by atoms with van der Waals surface area (Å²) in [5, 5.41) is 7.21. The van der Waals surface area contributed by atoms with Crippen LogP contribution in [0.15, 0.2) is 36.9 Å². The van der Waals surface area contributed by atoms with Crippen LogP contribution in [0.3, 0.4) is 0 Å². The van der Waals surface area contributed by atoms with E-state index in [9.17, 15) is 4.79 Å². The first-order valence-electron chi connectivity index (χ1n) is 11.3. The van der Waals surface area contributed by atoms with E-state index in [2.05, 4.69) is 22.3 Å². The molecule has 10 nitrogen and oxygen atoms in total. The number of methoxy groups -OCH3 is 1. The monoisotopic (exact) mass is 462 g/mol. The number of nitrogens with zero attached hydrogens (tertiary/aromatic N) is 5. The van der Waals surface area contributed by atoms with E-state index < -0.39 is 0 Å². The Hall–Kier alpha value is -3.66. The van der Waals surface area contributed by atoms with E-state index >= 15 is 0 Å². The molecule has 1 aliphatic carbocycles. The molecule has 4 aromatic rings. The zero-order chi connectivity index (χ0) is 23.7. The molecule has 34 heavy (non-hydrogen) atoms. The van der Waals surface area contributed by atoms with Crippen LogP contribution in [0.4, 0.5) is 5.69 Å². The van der Waals surface area contributed by atoms with Crippen molar-refractivity contribution in [1.29, 1.82) is 0 Å². The fraction of sp³-hybridized carbons (Fsp3) is 0.417. The van der Waals surface area contributed by atoms with Gasteiger partial charge in [0.25, 0.3) is 11.8 Å². The van der Waals surface area contributed by atoms with E-state index in [0.29, 0.717) is 35.1 Å². The fourth-order valence-electron chi connectivity index (χ4n) is 5.24. The average Bonchev–Trinajstić information content (AvgIpc) is 3.54. The predicted octanol–water partition coefficient (Wildman–Crippen LogP) is 3.25. The van der Waals surface area contributed by atoms with Gasteiger partial charge in [0.2, 0.25) is 5.65 Å². The number of amides is 1. The normalized spacial score (nSPS) is 23.4. The van der Waals surface area contributed by atoms with E-state index in [1.165, 1.54) is 0 Å². The van der Waals surface area contributed by atoms with Gasteiger partial charge in [-0.1, -0.05) is 0 Å². The standard InChI is InChI=1S/C24H26N6O4/c1-14(2)34-22-20-28-18(24-11-23(3,12-24)33-13-24)10-29(20)9-16(27-22)21(31)26-15-8-25-30-7-5-6-17(32-4)19(15)30/h5-10,14H,11-13H2,1-4H3,(H,26,31). The number of fused-ring (bicyclic) bond motifs is 3. The zero-order valence-corrected chi connectivity index (χ0v) is 19.5. The molecule has 3 aliphatic rings. The number of ether oxygens (including phenoxy) is 3. The molecule has 0 atom stereocenters. The van der Waals surface area contributed by atoms with Crippen LogP contribution in [-0.4, -0.2) is 55.3 Å². The Kier molecular flexibility index (Phi) is 4.41. The Morgan fingerprint density at radius 2 is 2.09 bits per heavy atom. The van der Waals surface area contributed by atoms with Gasteiger partial charge in [-0.2, -0.15) is 5.10 Å². The SMILES string of the molecule is COc1cccn2ncc(NC(=O)c3cn4cc(C56COC(C)(C5)C6)nc4c(OC(C)C)n3)c12. The number of hydrogen-bond acceptors (Lipinski definition) is 7. The summed E-state index contributed by atoms with van der Waals surface area (Å²) in [4.78, 5) is 22.6. The molecular formula is C24H26N6O4. The van der Waals surface area contributed by atoms with Gasteiger partial charge in [-0.15, -0.1) is 0 Å². The first-order chi connectivity index (χ1) is 16.3. The van der Waals surface area contributed by atoms with Crippen molar-refractivity contribution in [3.8, 4) is 11.6 Å². The second kappa shape index (κ2) is 7.17. The molecule has 0 radical (unpaired) electrons. The molecule has 0 unspecified atom stereocenters. The lowest BCUT2D eigenvalue weighted by Gasteiger charge is -2.41. The quantitative estimate of drug-likeness (QED) is 0.469. The first kappa shape index (κ1) is 20.9. The molecule has 2 aliphatic heterocycles. The maximum absolute atomic E-state index is 13.3. The average molecular weight is 463 g/mol. The summed E-state index contributed by atoms with van der Waals surface area (Å²) < 4.78 is 20.8. The third-order valence-electron chi connectivity index (χ3n) is 6.62. The van der Waals surface area contributed by atoms with Gasteiger partial charge in [-0.25, -0.2) is 14.5 Å². The summed E-state index contributed by atoms with van der Waals surface area (Å²) in [6.45, 7) is 6.63. The van der Waals surface area contributed by atoms with Crippen LogP contribution in [0.2, 0.25) is 0 Å². The van der Waals surface area contributed by atoms with Gasteiger partial charge in [-0.3, -0.25) is 9.20 Å². The molecule has 0 aromatic carbocycles. The number of pyridine rings is 1. The fourth-order valence-corrected chi connectivity index (χ4v) is 5.24. The smallest absolute Gasteiger partial charge is 0.276 e. The van der Waals surface area contributed by atoms with Crippen molar-refractivity contribution in [2.45, 2.75) is 50.7 Å². The highest BCUT2D eigenvalue weighted by atomic mass is 16.5. The summed E-state index contributed by atoms with van der Waals surface area (Å²) >= 11 is 0. The minimum atomic E-state index is -0.384. The Morgan fingerprint density at radius 1 is 1.26 bits per heavy atom. The summed E-state index contributed by atoms with van der Waals surface area (Å²) in [5.41, 5.74) is 2.81. The molecule has 1 N–H and O–H groups in total. The van der Waals surface area contributed by atoms with Crippen LogP contribution in [0, 0.1) is 0 Å². The van der Waals surface area contributed by atoms with E-state index in [-0.39, 0.29) is 28.7 Å². The molecule has 7 rings (SSSR count). The van der Waals surface area contributed by atoms with Crippen LogP contribution in [-0.2, 0) is 10.2 Å². The van der Waals surface area contributed by atoms with Gasteiger partial charge in [0.15, 0.2) is 0 Å². The topological polar surface area (TPSA) is 104 Å². The van der Waals surface area contributed by atoms with Crippen molar-refractivity contribution >= 4 is 22.8 Å². The van der Waals surface area contributed by atoms with Crippen molar-refractivity contribution in [2.75, 3.05) is 19.0 Å². The number of anilines is 1. The molecule has 4 aromatic heterocycles. The van der Waals surface area contributed by atoms with Gasteiger partial charge >= 0.3 is 0 Å². The summed E-state index contributed by atoms with van der Waals surface area (Å²) in [5.74, 6) is 0.543. The third-order valence-corrected chi connectivity index (χ3v) is 6.62. The van der Waals surface area contributed by atoms with Gasteiger partial charge < -0.3 is 19.5 Å². The Morgan fingerprint density at radius 3 is 2.79 bits per heavy atom. The largest absolute Gasteiger partial charge is 0.494 e. The molecule has 2 bridgehead atoms. The van der Waals surface area contributed by atoms with Crippen LogP contribution in [0.5, 0.6) is 11.6 Å². The number of carbonyl (C=O) groups excluding carboxylic acids is 1. The molecule has 0 spiro atoms. The summed E-state index contributed by atoms with van der Waals surface area (Å²) in [7, 11) is 1.58. The molecular weight excluding hydrogens is 436 g/mol. The first-order valence-corrected chi connectivity index (χ1v) is 11.3. The van der Waals surface area contributed by atoms with E-state index in [1.54, 1.807) is 30.2 Å². The maximum atomic E-state index is 13.3. The number of aromatic nitrogens is 5. The molecule has 1 saturated carbocycles. The summed E-state index contributed by atoms with van der Waals surface area (Å²) in [6.07, 6.45) is 8.79. The Labute approximate surface area is 195 Å². The van der Waals surface area contributed by atoms with Crippen molar-refractivity contribution in [3.63, 3.8) is 0 Å². The number of carbonyl (C=O) groups is 1. The van der Waals surface area contributed by atoms with Crippen LogP contribution in [0.1, 0.15) is 49.8 Å². The Balaban J connectivity index is 1.38. The van der Waals surface area contributed by atoms with Gasteiger partial charge in [-0.05, 0) is 45.7 Å². The summed E-state index contributed by atoms with van der Waals surface area (Å²) in [6, 6.07) is 3.64. The van der Waals surface area contributed by atoms with Crippen LogP contribution in [0.25, 0.3) is 11.2 Å². The highest BCUT2D eigenvalue weighted by molar-refractivity contribution is 6.05. The van der Waals surface area contributed by atoms with Crippen molar-refractivity contribution in [3.05, 3.63) is 48.3 Å². The van der Waals surface area contributed by atoms with Gasteiger partial charge in [0.05, 0.1) is 43.0 Å². The van der Waals surface area contributed by atoms with Gasteiger partial charge in [0.1, 0.15) is 17.0 Å². The molecule has 6 heterocycles. The molecule has 1 amide bonds. The highest BCUT2D eigenvalue weighted by Gasteiger charge is 2.61. The second-order valence-electron chi connectivity index (χ2n) is 9.71. The van der Waals surface area contributed by atoms with E-state index in [0.717, 1.165) is 18.5 Å². The van der Waals surface area contributed by atoms with Crippen molar-refractivity contribution in [2.24, 2.45) is 0 Å². The third kappa shape index (κ3) is 3.12. The minimum absolute atomic E-state index is 0.0498. The molecule has 176 valence electrons. The number of rotatable bonds is 6. The lowest BCUT2D eigenvalue weighted by molar-refractivity contribution is 0.0154.